The lowest BCUT2D eigenvalue weighted by atomic mass is 9.89. The summed E-state index contributed by atoms with van der Waals surface area (Å²) in [4.78, 5) is 0. The molecule has 5 N–H and O–H groups in total. The van der Waals surface area contributed by atoms with Crippen molar-refractivity contribution in [3.8, 4) is 0 Å². The smallest absolute Gasteiger partial charge is 0.326 e. The maximum absolute atomic E-state index is 8.41. The summed E-state index contributed by atoms with van der Waals surface area (Å²) in [6, 6.07) is 9.33. The molecule has 0 amide bonds. The zero-order valence-electron chi connectivity index (χ0n) is 5.41. The van der Waals surface area contributed by atoms with Crippen molar-refractivity contribution in [3.05, 3.63) is 30.3 Å². The molecule has 3 nitrogen and oxygen atoms in total. The molecule has 0 aliphatic heterocycles. The third-order valence-electron chi connectivity index (χ3n) is 0.949. The first-order valence-corrected chi connectivity index (χ1v) is 2.46. The van der Waals surface area contributed by atoms with E-state index in [9.17, 15) is 0 Å². The fraction of sp³-hybridized carbons (Fsp3) is 0. The molecular formula is C6H10BO3. The number of rotatable bonds is 1. The van der Waals surface area contributed by atoms with Gasteiger partial charge in [-0.05, 0) is 0 Å². The second-order valence-electron chi connectivity index (χ2n) is 1.54. The molecule has 0 bridgehead atoms. The second kappa shape index (κ2) is 6.29. The van der Waals surface area contributed by atoms with Gasteiger partial charge in [0.1, 0.15) is 0 Å². The van der Waals surface area contributed by atoms with E-state index in [1.165, 1.54) is 0 Å². The van der Waals surface area contributed by atoms with Crippen LogP contribution in [0.3, 0.4) is 0 Å². The summed E-state index contributed by atoms with van der Waals surface area (Å²) < 4.78 is 0. The highest BCUT2D eigenvalue weighted by molar-refractivity contribution is 6.45. The first-order valence-electron chi connectivity index (χ1n) is 2.46. The van der Waals surface area contributed by atoms with Crippen LogP contribution in [0.2, 0.25) is 0 Å². The first kappa shape index (κ1) is 11.9. The van der Waals surface area contributed by atoms with Gasteiger partial charge in [0.2, 0.25) is 0 Å². The van der Waals surface area contributed by atoms with Crippen LogP contribution in [0.15, 0.2) is 30.3 Å². The lowest BCUT2D eigenvalue weighted by Gasteiger charge is -1.86. The zero-order valence-corrected chi connectivity index (χ0v) is 5.41. The molecule has 1 aromatic rings. The third-order valence-corrected chi connectivity index (χ3v) is 0.949. The fourth-order valence-corrected chi connectivity index (χ4v) is 0.539. The average Bonchev–Trinajstić information content (AvgIpc) is 1.90. The highest BCUT2D eigenvalue weighted by atomic mass is 16.2. The topological polar surface area (TPSA) is 83.2 Å². The Morgan fingerprint density at radius 1 is 1.00 bits per heavy atom. The molecule has 55 valence electrons. The van der Waals surface area contributed by atoms with Crippen molar-refractivity contribution in [1.29, 1.82) is 0 Å². The average molecular weight is 141 g/mol. The van der Waals surface area contributed by atoms with Crippen molar-refractivity contribution in [2.75, 3.05) is 0 Å². The molecule has 0 heterocycles. The Kier molecular flexibility index (Phi) is 7.48. The van der Waals surface area contributed by atoms with Crippen LogP contribution in [-0.2, 0) is 0 Å². The van der Waals surface area contributed by atoms with Crippen molar-refractivity contribution in [1.82, 2.24) is 0 Å². The minimum atomic E-state index is 0. The van der Waals surface area contributed by atoms with Crippen molar-refractivity contribution >= 4 is 12.9 Å². The van der Waals surface area contributed by atoms with E-state index in [4.69, 9.17) is 5.02 Å². The van der Waals surface area contributed by atoms with Crippen LogP contribution in [-0.4, -0.2) is 23.5 Å². The van der Waals surface area contributed by atoms with Crippen molar-refractivity contribution in [3.63, 3.8) is 0 Å². The molecule has 0 aromatic heterocycles. The summed E-state index contributed by atoms with van der Waals surface area (Å²) in [5.74, 6) is 0. The molecule has 0 spiro atoms. The van der Waals surface area contributed by atoms with E-state index in [-0.39, 0.29) is 11.0 Å². The third kappa shape index (κ3) is 3.24. The van der Waals surface area contributed by atoms with Crippen LogP contribution in [0, 0.1) is 0 Å². The van der Waals surface area contributed by atoms with Crippen molar-refractivity contribution < 1.29 is 16.0 Å². The Labute approximate surface area is 60.2 Å². The monoisotopic (exact) mass is 141 g/mol. The van der Waals surface area contributed by atoms with E-state index in [1.807, 2.05) is 30.3 Å². The van der Waals surface area contributed by atoms with Crippen LogP contribution in [0.25, 0.3) is 0 Å². The molecule has 1 radical (unpaired) electrons. The van der Waals surface area contributed by atoms with Gasteiger partial charge < -0.3 is 16.0 Å². The Bertz CT molecular complexity index is 154. The predicted molar refractivity (Wildman–Crippen MR) is 41.3 cm³/mol. The molecule has 0 aliphatic rings. The van der Waals surface area contributed by atoms with Gasteiger partial charge in [-0.15, -0.1) is 0 Å². The predicted octanol–water partition coefficient (Wildman–Crippen LogP) is -1.73. The number of benzene rings is 1. The van der Waals surface area contributed by atoms with Gasteiger partial charge in [-0.25, -0.2) is 0 Å². The normalized spacial score (nSPS) is 6.90. The van der Waals surface area contributed by atoms with Gasteiger partial charge in [-0.1, -0.05) is 35.8 Å². The van der Waals surface area contributed by atoms with Gasteiger partial charge in [-0.2, -0.15) is 0 Å². The van der Waals surface area contributed by atoms with Gasteiger partial charge >= 0.3 is 7.48 Å². The van der Waals surface area contributed by atoms with Crippen LogP contribution >= 0.6 is 0 Å². The molecular weight excluding hydrogens is 131 g/mol. The minimum absolute atomic E-state index is 0. The molecule has 1 aromatic carbocycles. The minimum Gasteiger partial charge on any atom is -0.450 e. The summed E-state index contributed by atoms with van der Waals surface area (Å²) in [6.45, 7) is 0. The highest BCUT2D eigenvalue weighted by Crippen LogP contribution is 1.78. The van der Waals surface area contributed by atoms with E-state index in [0.717, 1.165) is 12.9 Å². The Morgan fingerprint density at radius 3 is 1.80 bits per heavy atom. The van der Waals surface area contributed by atoms with Crippen molar-refractivity contribution in [2.24, 2.45) is 0 Å². The van der Waals surface area contributed by atoms with Gasteiger partial charge in [0, 0.05) is 0 Å². The van der Waals surface area contributed by atoms with E-state index in [1.54, 1.807) is 0 Å². The van der Waals surface area contributed by atoms with Crippen LogP contribution in [0.4, 0.5) is 0 Å². The SMILES string of the molecule is O.O.O[B]c1ccccc1. The maximum atomic E-state index is 8.41. The molecule has 10 heavy (non-hydrogen) atoms. The number of hydrogen-bond acceptors (Lipinski definition) is 1. The fourth-order valence-electron chi connectivity index (χ4n) is 0.539. The molecule has 4 heteroatoms. The van der Waals surface area contributed by atoms with Crippen LogP contribution in [0.1, 0.15) is 0 Å². The molecule has 0 saturated heterocycles. The zero-order chi connectivity index (χ0) is 5.82. The summed E-state index contributed by atoms with van der Waals surface area (Å²) in [5, 5.41) is 8.41. The van der Waals surface area contributed by atoms with Crippen LogP contribution < -0.4 is 5.46 Å². The van der Waals surface area contributed by atoms with Crippen LogP contribution in [0.5, 0.6) is 0 Å². The second-order valence-corrected chi connectivity index (χ2v) is 1.54. The van der Waals surface area contributed by atoms with E-state index in [0.29, 0.717) is 0 Å². The Balaban J connectivity index is 0. The van der Waals surface area contributed by atoms with Gasteiger partial charge in [-0.3, -0.25) is 0 Å². The molecule has 0 fully saturated rings. The molecule has 1 rings (SSSR count). The standard InChI is InChI=1S/C6H6BO.2H2O/c8-7-6-4-2-1-3-5-6;;/h1-5,8H;2*1H2. The molecule has 0 unspecified atom stereocenters. The summed E-state index contributed by atoms with van der Waals surface area (Å²) in [7, 11) is 1.08. The number of hydrogen-bond donors (Lipinski definition) is 1. The molecule has 0 atom stereocenters. The van der Waals surface area contributed by atoms with Crippen molar-refractivity contribution in [2.45, 2.75) is 0 Å². The highest BCUT2D eigenvalue weighted by Gasteiger charge is 1.85. The van der Waals surface area contributed by atoms with E-state index >= 15 is 0 Å². The summed E-state index contributed by atoms with van der Waals surface area (Å²) >= 11 is 0. The molecule has 0 aliphatic carbocycles. The Morgan fingerprint density at radius 2 is 1.50 bits per heavy atom. The quantitative estimate of drug-likeness (QED) is 0.463. The van der Waals surface area contributed by atoms with E-state index < -0.39 is 0 Å². The first-order chi connectivity index (χ1) is 3.93. The Hall–Kier alpha value is -0.835. The lowest BCUT2D eigenvalue weighted by molar-refractivity contribution is 0.615. The maximum Gasteiger partial charge on any atom is 0.326 e. The van der Waals surface area contributed by atoms with Gasteiger partial charge in [0.05, 0.1) is 0 Å². The summed E-state index contributed by atoms with van der Waals surface area (Å²) in [6.07, 6.45) is 0. The summed E-state index contributed by atoms with van der Waals surface area (Å²) in [5.41, 5.74) is 0.840. The van der Waals surface area contributed by atoms with E-state index in [2.05, 4.69) is 0 Å². The van der Waals surface area contributed by atoms with Gasteiger partial charge in [0.15, 0.2) is 0 Å². The van der Waals surface area contributed by atoms with Gasteiger partial charge in [0.25, 0.3) is 0 Å². The lowest BCUT2D eigenvalue weighted by Crippen LogP contribution is -2.11. The largest absolute Gasteiger partial charge is 0.450 e. The molecule has 0 saturated carbocycles.